The highest BCUT2D eigenvalue weighted by molar-refractivity contribution is 7.10. The summed E-state index contributed by atoms with van der Waals surface area (Å²) in [4.78, 5) is 15.1. The van der Waals surface area contributed by atoms with Gasteiger partial charge in [-0.3, -0.25) is 4.79 Å². The Bertz CT molecular complexity index is 706. The molecule has 0 N–H and O–H groups in total. The molecular weight excluding hydrogens is 310 g/mol. The Morgan fingerprint density at radius 3 is 2.57 bits per heavy atom. The van der Waals surface area contributed by atoms with Gasteiger partial charge >= 0.3 is 0 Å². The zero-order chi connectivity index (χ0) is 16.8. The van der Waals surface area contributed by atoms with Gasteiger partial charge < -0.3 is 14.4 Å². The minimum atomic E-state index is -0.0346. The van der Waals surface area contributed by atoms with Crippen molar-refractivity contribution >= 4 is 23.3 Å². The minimum Gasteiger partial charge on any atom is -0.493 e. The predicted molar refractivity (Wildman–Crippen MR) is 94.1 cm³/mol. The van der Waals surface area contributed by atoms with Gasteiger partial charge in [0.25, 0.3) is 0 Å². The third-order valence-electron chi connectivity index (χ3n) is 3.55. The number of carbonyl (C=O) groups is 1. The fraction of sp³-hybridized carbons (Fsp3) is 0.278. The van der Waals surface area contributed by atoms with Crippen LogP contribution in [0.15, 0.2) is 35.7 Å². The maximum atomic E-state index is 12.2. The van der Waals surface area contributed by atoms with Crippen molar-refractivity contribution in [1.82, 2.24) is 4.90 Å². The summed E-state index contributed by atoms with van der Waals surface area (Å²) in [7, 11) is 4.99. The Balaban J connectivity index is 2.04. The number of carbonyl (C=O) groups excluding carboxylic acids is 1. The lowest BCUT2D eigenvalue weighted by atomic mass is 10.2. The SMILES string of the molecule is COc1ccc(/C=C/C(=O)N(C)Cc2sccc2C)cc1OC. The third-order valence-corrected chi connectivity index (χ3v) is 4.56. The number of aryl methyl sites for hydroxylation is 1. The number of ether oxygens (including phenoxy) is 2. The van der Waals surface area contributed by atoms with Gasteiger partial charge in [-0.1, -0.05) is 6.07 Å². The second-order valence-electron chi connectivity index (χ2n) is 5.17. The number of amides is 1. The van der Waals surface area contributed by atoms with Gasteiger partial charge in [0, 0.05) is 18.0 Å². The van der Waals surface area contributed by atoms with E-state index in [1.54, 1.807) is 49.7 Å². The topological polar surface area (TPSA) is 38.8 Å². The summed E-state index contributed by atoms with van der Waals surface area (Å²) in [5, 5.41) is 2.04. The molecule has 5 heteroatoms. The van der Waals surface area contributed by atoms with Crippen molar-refractivity contribution in [2.24, 2.45) is 0 Å². The molecule has 0 aliphatic rings. The van der Waals surface area contributed by atoms with Crippen molar-refractivity contribution < 1.29 is 14.3 Å². The fourth-order valence-corrected chi connectivity index (χ4v) is 3.07. The normalized spacial score (nSPS) is 10.8. The summed E-state index contributed by atoms with van der Waals surface area (Å²) in [6.07, 6.45) is 3.35. The van der Waals surface area contributed by atoms with Gasteiger partial charge in [-0.05, 0) is 47.7 Å². The highest BCUT2D eigenvalue weighted by atomic mass is 32.1. The molecule has 1 heterocycles. The number of likely N-dealkylation sites (N-methyl/N-ethyl adjacent to an activating group) is 1. The first kappa shape index (κ1) is 17.1. The van der Waals surface area contributed by atoms with E-state index in [2.05, 4.69) is 13.0 Å². The monoisotopic (exact) mass is 331 g/mol. The molecule has 23 heavy (non-hydrogen) atoms. The lowest BCUT2D eigenvalue weighted by Gasteiger charge is -2.14. The summed E-state index contributed by atoms with van der Waals surface area (Å²) in [5.74, 6) is 1.28. The van der Waals surface area contributed by atoms with Crippen molar-refractivity contribution in [2.45, 2.75) is 13.5 Å². The molecule has 2 rings (SSSR count). The average Bonchev–Trinajstić information content (AvgIpc) is 2.97. The van der Waals surface area contributed by atoms with E-state index in [9.17, 15) is 4.79 Å². The van der Waals surface area contributed by atoms with E-state index in [1.807, 2.05) is 23.6 Å². The van der Waals surface area contributed by atoms with E-state index < -0.39 is 0 Å². The van der Waals surface area contributed by atoms with E-state index in [0.717, 1.165) is 5.56 Å². The fourth-order valence-electron chi connectivity index (χ4n) is 2.11. The minimum absolute atomic E-state index is 0.0346. The summed E-state index contributed by atoms with van der Waals surface area (Å²) < 4.78 is 10.5. The second kappa shape index (κ2) is 7.83. The van der Waals surface area contributed by atoms with Gasteiger partial charge in [0.05, 0.1) is 20.8 Å². The van der Waals surface area contributed by atoms with Crippen LogP contribution in [0.4, 0.5) is 0 Å². The third kappa shape index (κ3) is 4.36. The molecule has 0 spiro atoms. The number of nitrogens with zero attached hydrogens (tertiary/aromatic N) is 1. The van der Waals surface area contributed by atoms with E-state index in [4.69, 9.17) is 9.47 Å². The molecule has 122 valence electrons. The quantitative estimate of drug-likeness (QED) is 0.757. The van der Waals surface area contributed by atoms with Gasteiger partial charge in [0.15, 0.2) is 11.5 Å². The molecule has 0 fully saturated rings. The van der Waals surface area contributed by atoms with Crippen LogP contribution < -0.4 is 9.47 Å². The first-order valence-corrected chi connectivity index (χ1v) is 8.11. The summed E-state index contributed by atoms with van der Waals surface area (Å²) >= 11 is 1.67. The lowest BCUT2D eigenvalue weighted by Crippen LogP contribution is -2.23. The molecule has 0 aliphatic heterocycles. The largest absolute Gasteiger partial charge is 0.493 e. The van der Waals surface area contributed by atoms with Crippen LogP contribution in [0.5, 0.6) is 11.5 Å². The van der Waals surface area contributed by atoms with Crippen LogP contribution in [0.3, 0.4) is 0 Å². The van der Waals surface area contributed by atoms with Crippen molar-refractivity contribution in [1.29, 1.82) is 0 Å². The Morgan fingerprint density at radius 1 is 1.22 bits per heavy atom. The highest BCUT2D eigenvalue weighted by Gasteiger charge is 2.09. The summed E-state index contributed by atoms with van der Waals surface area (Å²) in [5.41, 5.74) is 2.11. The first-order chi connectivity index (χ1) is 11.0. The number of rotatable bonds is 6. The predicted octanol–water partition coefficient (Wildman–Crippen LogP) is 3.75. The molecule has 4 nitrogen and oxygen atoms in total. The second-order valence-corrected chi connectivity index (χ2v) is 6.17. The van der Waals surface area contributed by atoms with Crippen LogP contribution in [-0.2, 0) is 11.3 Å². The Morgan fingerprint density at radius 2 is 1.96 bits per heavy atom. The first-order valence-electron chi connectivity index (χ1n) is 7.23. The van der Waals surface area contributed by atoms with Gasteiger partial charge in [-0.2, -0.15) is 0 Å². The molecule has 1 aromatic carbocycles. The van der Waals surface area contributed by atoms with Crippen LogP contribution in [0.2, 0.25) is 0 Å². The number of hydrogen-bond acceptors (Lipinski definition) is 4. The average molecular weight is 331 g/mol. The zero-order valence-corrected chi connectivity index (χ0v) is 14.6. The number of methoxy groups -OCH3 is 2. The molecule has 0 aliphatic carbocycles. The van der Waals surface area contributed by atoms with Crippen LogP contribution in [0, 0.1) is 6.92 Å². The molecule has 0 unspecified atom stereocenters. The molecule has 0 bridgehead atoms. The van der Waals surface area contributed by atoms with Crippen LogP contribution in [0.25, 0.3) is 6.08 Å². The summed E-state index contributed by atoms with van der Waals surface area (Å²) in [6, 6.07) is 7.61. The van der Waals surface area contributed by atoms with Crippen LogP contribution in [0.1, 0.15) is 16.0 Å². The molecule has 0 saturated heterocycles. The van der Waals surface area contributed by atoms with Crippen molar-refractivity contribution in [3.8, 4) is 11.5 Å². The van der Waals surface area contributed by atoms with E-state index in [0.29, 0.717) is 18.0 Å². The molecule has 1 aromatic heterocycles. The molecule has 0 saturated carbocycles. The smallest absolute Gasteiger partial charge is 0.246 e. The molecular formula is C18H21NO3S. The maximum absolute atomic E-state index is 12.2. The van der Waals surface area contributed by atoms with E-state index in [1.165, 1.54) is 10.4 Å². The summed E-state index contributed by atoms with van der Waals surface area (Å²) in [6.45, 7) is 2.68. The molecule has 1 amide bonds. The van der Waals surface area contributed by atoms with Crippen molar-refractivity contribution in [2.75, 3.05) is 21.3 Å². The van der Waals surface area contributed by atoms with Gasteiger partial charge in [-0.15, -0.1) is 11.3 Å². The Hall–Kier alpha value is -2.27. The lowest BCUT2D eigenvalue weighted by molar-refractivity contribution is -0.125. The van der Waals surface area contributed by atoms with Gasteiger partial charge in [0.2, 0.25) is 5.91 Å². The van der Waals surface area contributed by atoms with Crippen LogP contribution >= 0.6 is 11.3 Å². The maximum Gasteiger partial charge on any atom is 0.246 e. The zero-order valence-electron chi connectivity index (χ0n) is 13.8. The number of hydrogen-bond donors (Lipinski definition) is 0. The van der Waals surface area contributed by atoms with E-state index in [-0.39, 0.29) is 5.91 Å². The van der Waals surface area contributed by atoms with Crippen molar-refractivity contribution in [3.63, 3.8) is 0 Å². The standard InChI is InChI=1S/C18H21NO3S/c1-13-9-10-23-17(13)12-19(2)18(20)8-6-14-5-7-15(21-3)16(11-14)22-4/h5-11H,12H2,1-4H3/b8-6+. The molecule has 0 atom stereocenters. The molecule has 0 radical (unpaired) electrons. The highest BCUT2D eigenvalue weighted by Crippen LogP contribution is 2.28. The number of thiophene rings is 1. The number of benzene rings is 1. The van der Waals surface area contributed by atoms with Crippen molar-refractivity contribution in [3.05, 3.63) is 51.7 Å². The Labute approximate surface area is 141 Å². The molecule has 2 aromatic rings. The van der Waals surface area contributed by atoms with Gasteiger partial charge in [0.1, 0.15) is 0 Å². The Kier molecular flexibility index (Phi) is 5.82. The van der Waals surface area contributed by atoms with Gasteiger partial charge in [-0.25, -0.2) is 0 Å². The van der Waals surface area contributed by atoms with Crippen LogP contribution in [-0.4, -0.2) is 32.1 Å². The van der Waals surface area contributed by atoms with E-state index >= 15 is 0 Å².